The van der Waals surface area contributed by atoms with E-state index in [0.29, 0.717) is 6.42 Å². The van der Waals surface area contributed by atoms with E-state index in [1.54, 1.807) is 6.07 Å². The van der Waals surface area contributed by atoms with Crippen LogP contribution in [0.3, 0.4) is 0 Å². The molecule has 3 aromatic rings. The molecule has 0 bridgehead atoms. The van der Waals surface area contributed by atoms with Gasteiger partial charge in [-0.25, -0.2) is 0 Å². The molecule has 1 atom stereocenters. The van der Waals surface area contributed by atoms with Crippen LogP contribution >= 0.6 is 0 Å². The Balaban J connectivity index is 1.57. The quantitative estimate of drug-likeness (QED) is 0.522. The predicted octanol–water partition coefficient (Wildman–Crippen LogP) is 6.14. The summed E-state index contributed by atoms with van der Waals surface area (Å²) in [6.07, 6.45) is -2.87. The Morgan fingerprint density at radius 2 is 1.65 bits per heavy atom. The molecule has 0 saturated heterocycles. The molecule has 0 spiro atoms. The van der Waals surface area contributed by atoms with E-state index in [2.05, 4.69) is 42.6 Å². The summed E-state index contributed by atoms with van der Waals surface area (Å²) in [4.78, 5) is 0. The molecule has 0 aromatic heterocycles. The lowest BCUT2D eigenvalue weighted by atomic mass is 9.99. The molecule has 4 heteroatoms. The van der Waals surface area contributed by atoms with Gasteiger partial charge in [-0.05, 0) is 54.3 Å². The van der Waals surface area contributed by atoms with Gasteiger partial charge < -0.3 is 5.32 Å². The van der Waals surface area contributed by atoms with Crippen molar-refractivity contribution in [1.82, 2.24) is 5.32 Å². The Bertz CT molecular complexity index is 865. The lowest BCUT2D eigenvalue weighted by Gasteiger charge is -2.17. The molecular formula is C22H22F3N. The summed E-state index contributed by atoms with van der Waals surface area (Å²) in [6.45, 7) is 2.87. The average Bonchev–Trinajstić information content (AvgIpc) is 2.64. The van der Waals surface area contributed by atoms with Crippen molar-refractivity contribution in [1.29, 1.82) is 0 Å². The summed E-state index contributed by atoms with van der Waals surface area (Å²) < 4.78 is 38.3. The zero-order valence-corrected chi connectivity index (χ0v) is 14.7. The van der Waals surface area contributed by atoms with Gasteiger partial charge in [-0.15, -0.1) is 0 Å². The molecule has 136 valence electrons. The molecule has 0 aliphatic heterocycles. The Morgan fingerprint density at radius 1 is 0.923 bits per heavy atom. The number of benzene rings is 3. The first-order chi connectivity index (χ1) is 12.4. The van der Waals surface area contributed by atoms with Crippen molar-refractivity contribution in [3.05, 3.63) is 83.4 Å². The van der Waals surface area contributed by atoms with Gasteiger partial charge in [-0.3, -0.25) is 0 Å². The van der Waals surface area contributed by atoms with Crippen LogP contribution in [-0.2, 0) is 12.6 Å². The van der Waals surface area contributed by atoms with Crippen molar-refractivity contribution < 1.29 is 13.2 Å². The molecule has 0 aliphatic carbocycles. The van der Waals surface area contributed by atoms with Crippen LogP contribution in [0.15, 0.2) is 66.7 Å². The summed E-state index contributed by atoms with van der Waals surface area (Å²) in [5.74, 6) is 0. The van der Waals surface area contributed by atoms with Crippen molar-refractivity contribution in [2.75, 3.05) is 6.54 Å². The van der Waals surface area contributed by atoms with Gasteiger partial charge in [0.05, 0.1) is 5.56 Å². The van der Waals surface area contributed by atoms with Gasteiger partial charge in [0.15, 0.2) is 0 Å². The van der Waals surface area contributed by atoms with E-state index >= 15 is 0 Å². The van der Waals surface area contributed by atoms with E-state index in [-0.39, 0.29) is 6.04 Å². The van der Waals surface area contributed by atoms with E-state index in [1.165, 1.54) is 28.5 Å². The summed E-state index contributed by atoms with van der Waals surface area (Å²) in [7, 11) is 0. The Labute approximate surface area is 151 Å². The van der Waals surface area contributed by atoms with Gasteiger partial charge in [0.25, 0.3) is 0 Å². The molecule has 26 heavy (non-hydrogen) atoms. The van der Waals surface area contributed by atoms with E-state index < -0.39 is 11.7 Å². The molecular weight excluding hydrogens is 335 g/mol. The fraction of sp³-hybridized carbons (Fsp3) is 0.273. The molecule has 0 radical (unpaired) electrons. The van der Waals surface area contributed by atoms with Gasteiger partial charge in [-0.1, -0.05) is 60.7 Å². The second-order valence-electron chi connectivity index (χ2n) is 6.55. The van der Waals surface area contributed by atoms with Gasteiger partial charge in [0.1, 0.15) is 0 Å². The second-order valence-corrected chi connectivity index (χ2v) is 6.55. The number of aryl methyl sites for hydroxylation is 1. The number of nitrogens with one attached hydrogen (secondary N) is 1. The highest BCUT2D eigenvalue weighted by Gasteiger charge is 2.30. The zero-order chi connectivity index (χ0) is 18.6. The monoisotopic (exact) mass is 357 g/mol. The molecule has 1 N–H and O–H groups in total. The normalized spacial score (nSPS) is 13.1. The highest BCUT2D eigenvalue weighted by Crippen LogP contribution is 2.29. The third-order valence-electron chi connectivity index (χ3n) is 4.64. The minimum atomic E-state index is -4.28. The van der Waals surface area contributed by atoms with Crippen LogP contribution in [0.2, 0.25) is 0 Å². The molecule has 3 aromatic carbocycles. The van der Waals surface area contributed by atoms with Crippen LogP contribution in [0.25, 0.3) is 10.8 Å². The molecule has 0 saturated carbocycles. The van der Waals surface area contributed by atoms with Crippen LogP contribution in [0.1, 0.15) is 36.1 Å². The smallest absolute Gasteiger partial charge is 0.310 e. The largest absolute Gasteiger partial charge is 0.416 e. The van der Waals surface area contributed by atoms with Crippen LogP contribution in [0, 0.1) is 0 Å². The first-order valence-corrected chi connectivity index (χ1v) is 8.82. The SMILES string of the molecule is C[C@H](NCCCc1cccc(C(F)(F)F)c1)c1cccc2ccccc12. The first kappa shape index (κ1) is 18.5. The minimum Gasteiger partial charge on any atom is -0.310 e. The van der Waals surface area contributed by atoms with Crippen molar-refractivity contribution in [2.45, 2.75) is 32.0 Å². The molecule has 0 aliphatic rings. The molecule has 0 fully saturated rings. The number of hydrogen-bond acceptors (Lipinski definition) is 1. The Kier molecular flexibility index (Phi) is 5.62. The molecule has 0 amide bonds. The number of fused-ring (bicyclic) bond motifs is 1. The second kappa shape index (κ2) is 7.92. The predicted molar refractivity (Wildman–Crippen MR) is 100 cm³/mol. The number of hydrogen-bond donors (Lipinski definition) is 1. The summed E-state index contributed by atoms with van der Waals surface area (Å²) in [5.41, 5.74) is 1.38. The van der Waals surface area contributed by atoms with E-state index in [1.807, 2.05) is 12.1 Å². The number of alkyl halides is 3. The van der Waals surface area contributed by atoms with Crippen molar-refractivity contribution in [2.24, 2.45) is 0 Å². The van der Waals surface area contributed by atoms with Gasteiger partial charge in [0.2, 0.25) is 0 Å². The topological polar surface area (TPSA) is 12.0 Å². The first-order valence-electron chi connectivity index (χ1n) is 8.82. The summed E-state index contributed by atoms with van der Waals surface area (Å²) >= 11 is 0. The lowest BCUT2D eigenvalue weighted by Crippen LogP contribution is -2.20. The molecule has 0 heterocycles. The van der Waals surface area contributed by atoms with E-state index in [4.69, 9.17) is 0 Å². The maximum absolute atomic E-state index is 12.8. The summed E-state index contributed by atoms with van der Waals surface area (Å²) in [5, 5.41) is 5.92. The minimum absolute atomic E-state index is 0.183. The van der Waals surface area contributed by atoms with Crippen LogP contribution in [0.4, 0.5) is 13.2 Å². The Morgan fingerprint density at radius 3 is 2.46 bits per heavy atom. The van der Waals surface area contributed by atoms with Gasteiger partial charge in [-0.2, -0.15) is 13.2 Å². The van der Waals surface area contributed by atoms with E-state index in [9.17, 15) is 13.2 Å². The molecule has 0 unspecified atom stereocenters. The van der Waals surface area contributed by atoms with E-state index in [0.717, 1.165) is 24.6 Å². The summed E-state index contributed by atoms with van der Waals surface area (Å²) in [6, 6.07) is 20.3. The highest BCUT2D eigenvalue weighted by atomic mass is 19.4. The van der Waals surface area contributed by atoms with Gasteiger partial charge >= 0.3 is 6.18 Å². The average molecular weight is 357 g/mol. The van der Waals surface area contributed by atoms with Crippen molar-refractivity contribution in [3.63, 3.8) is 0 Å². The molecule has 3 rings (SSSR count). The lowest BCUT2D eigenvalue weighted by molar-refractivity contribution is -0.137. The highest BCUT2D eigenvalue weighted by molar-refractivity contribution is 5.86. The standard InChI is InChI=1S/C22H22F3N/c1-16(20-13-5-10-18-9-2-3-12-21(18)20)26-14-6-8-17-7-4-11-19(15-17)22(23,24)25/h2-5,7,9-13,15-16,26H,6,8,14H2,1H3/t16-/m0/s1. The number of halogens is 3. The van der Waals surface area contributed by atoms with Crippen molar-refractivity contribution >= 4 is 10.8 Å². The third kappa shape index (κ3) is 4.44. The third-order valence-corrected chi connectivity index (χ3v) is 4.64. The Hall–Kier alpha value is -2.33. The maximum Gasteiger partial charge on any atom is 0.416 e. The van der Waals surface area contributed by atoms with Crippen molar-refractivity contribution in [3.8, 4) is 0 Å². The van der Waals surface area contributed by atoms with Crippen LogP contribution in [-0.4, -0.2) is 6.54 Å². The fourth-order valence-electron chi connectivity index (χ4n) is 3.25. The fourth-order valence-corrected chi connectivity index (χ4v) is 3.25. The number of rotatable bonds is 6. The molecule has 1 nitrogen and oxygen atoms in total. The van der Waals surface area contributed by atoms with Crippen LogP contribution in [0.5, 0.6) is 0 Å². The maximum atomic E-state index is 12.8. The van der Waals surface area contributed by atoms with Crippen LogP contribution < -0.4 is 5.32 Å². The zero-order valence-electron chi connectivity index (χ0n) is 14.7. The van der Waals surface area contributed by atoms with Gasteiger partial charge in [0, 0.05) is 6.04 Å².